The van der Waals surface area contributed by atoms with E-state index in [1.165, 1.54) is 11.1 Å². The highest BCUT2D eigenvalue weighted by Crippen LogP contribution is 2.26. The van der Waals surface area contributed by atoms with Crippen molar-refractivity contribution in [3.63, 3.8) is 0 Å². The second-order valence-electron chi connectivity index (χ2n) is 5.44. The number of hydrogen-bond donors (Lipinski definition) is 0. The number of methoxy groups -OCH3 is 1. The number of ether oxygens (including phenoxy) is 1. The Bertz CT molecular complexity index is 697. The van der Waals surface area contributed by atoms with E-state index < -0.39 is 0 Å². The molecule has 4 heteroatoms. The van der Waals surface area contributed by atoms with E-state index in [2.05, 4.69) is 48.0 Å². The third kappa shape index (κ3) is 3.69. The number of hydrogen-bond acceptors (Lipinski definition) is 2. The van der Waals surface area contributed by atoms with Gasteiger partial charge in [-0.1, -0.05) is 23.8 Å². The van der Waals surface area contributed by atoms with Crippen LogP contribution in [0, 0.1) is 13.8 Å². The molecule has 0 aliphatic rings. The molecule has 0 aliphatic carbocycles. The van der Waals surface area contributed by atoms with Gasteiger partial charge in [-0.3, -0.25) is 4.79 Å². The van der Waals surface area contributed by atoms with Crippen molar-refractivity contribution in [1.29, 1.82) is 0 Å². The van der Waals surface area contributed by atoms with Gasteiger partial charge in [-0.2, -0.15) is 0 Å². The van der Waals surface area contributed by atoms with Gasteiger partial charge in [-0.15, -0.1) is 0 Å². The van der Waals surface area contributed by atoms with Gasteiger partial charge in [0.15, 0.2) is 0 Å². The van der Waals surface area contributed by atoms with E-state index in [4.69, 9.17) is 4.74 Å². The predicted octanol–water partition coefficient (Wildman–Crippen LogP) is 4.35. The molecular formula is C18H20BrNO2. The molecule has 2 aromatic carbocycles. The first kappa shape index (κ1) is 16.6. The molecular weight excluding hydrogens is 342 g/mol. The van der Waals surface area contributed by atoms with Crippen LogP contribution in [0.25, 0.3) is 0 Å². The summed E-state index contributed by atoms with van der Waals surface area (Å²) in [6.07, 6.45) is 0. The van der Waals surface area contributed by atoms with Crippen LogP contribution in [0.4, 0.5) is 0 Å². The van der Waals surface area contributed by atoms with Crippen LogP contribution in [0.15, 0.2) is 40.9 Å². The second kappa shape index (κ2) is 6.97. The van der Waals surface area contributed by atoms with E-state index in [1.807, 2.05) is 7.05 Å². The van der Waals surface area contributed by atoms with Gasteiger partial charge in [-0.25, -0.2) is 0 Å². The fourth-order valence-corrected chi connectivity index (χ4v) is 2.91. The van der Waals surface area contributed by atoms with Gasteiger partial charge in [0, 0.05) is 19.2 Å². The maximum atomic E-state index is 12.5. The van der Waals surface area contributed by atoms with E-state index in [-0.39, 0.29) is 5.91 Å². The summed E-state index contributed by atoms with van der Waals surface area (Å²) in [5.41, 5.74) is 4.24. The zero-order chi connectivity index (χ0) is 16.3. The molecule has 3 nitrogen and oxygen atoms in total. The standard InChI is InChI=1S/C18H20BrNO2/c1-12-5-6-15(13(2)9-12)11-20(3)18(21)14-7-8-17(22-4)16(19)10-14/h5-10H,11H2,1-4H3. The summed E-state index contributed by atoms with van der Waals surface area (Å²) in [7, 11) is 3.42. The highest BCUT2D eigenvalue weighted by atomic mass is 79.9. The number of carbonyl (C=O) groups excluding carboxylic acids is 1. The first-order valence-electron chi connectivity index (χ1n) is 7.07. The normalized spacial score (nSPS) is 10.4. The first-order chi connectivity index (χ1) is 10.4. The summed E-state index contributed by atoms with van der Waals surface area (Å²) >= 11 is 3.42. The van der Waals surface area contributed by atoms with Crippen molar-refractivity contribution in [2.24, 2.45) is 0 Å². The highest BCUT2D eigenvalue weighted by molar-refractivity contribution is 9.10. The van der Waals surface area contributed by atoms with Gasteiger partial charge in [0.2, 0.25) is 0 Å². The smallest absolute Gasteiger partial charge is 0.253 e. The number of nitrogens with zero attached hydrogens (tertiary/aromatic N) is 1. The average Bonchev–Trinajstić information content (AvgIpc) is 2.49. The fourth-order valence-electron chi connectivity index (χ4n) is 2.37. The molecule has 0 radical (unpaired) electrons. The lowest BCUT2D eigenvalue weighted by Crippen LogP contribution is -2.26. The molecule has 0 N–H and O–H groups in total. The molecule has 22 heavy (non-hydrogen) atoms. The summed E-state index contributed by atoms with van der Waals surface area (Å²) in [6, 6.07) is 11.7. The maximum Gasteiger partial charge on any atom is 0.253 e. The minimum absolute atomic E-state index is 0.0108. The predicted molar refractivity (Wildman–Crippen MR) is 92.4 cm³/mol. The van der Waals surface area contributed by atoms with Gasteiger partial charge in [0.25, 0.3) is 5.91 Å². The van der Waals surface area contributed by atoms with Crippen molar-refractivity contribution in [3.05, 3.63) is 63.1 Å². The summed E-state index contributed by atoms with van der Waals surface area (Å²) < 4.78 is 5.97. The Morgan fingerprint density at radius 3 is 2.50 bits per heavy atom. The Morgan fingerprint density at radius 1 is 1.18 bits per heavy atom. The molecule has 116 valence electrons. The highest BCUT2D eigenvalue weighted by Gasteiger charge is 2.14. The van der Waals surface area contributed by atoms with Crippen LogP contribution in [-0.4, -0.2) is 25.0 Å². The number of amides is 1. The third-order valence-electron chi connectivity index (χ3n) is 3.65. The molecule has 0 heterocycles. The molecule has 0 saturated heterocycles. The Labute approximate surface area is 140 Å². The van der Waals surface area contributed by atoms with Crippen molar-refractivity contribution >= 4 is 21.8 Å². The fraction of sp³-hybridized carbons (Fsp3) is 0.278. The molecule has 0 spiro atoms. The lowest BCUT2D eigenvalue weighted by Gasteiger charge is -2.19. The largest absolute Gasteiger partial charge is 0.496 e. The van der Waals surface area contributed by atoms with E-state index in [9.17, 15) is 4.79 Å². The molecule has 2 aromatic rings. The molecule has 0 aliphatic heterocycles. The summed E-state index contributed by atoms with van der Waals surface area (Å²) in [5, 5.41) is 0. The van der Waals surface area contributed by atoms with Crippen molar-refractivity contribution in [2.75, 3.05) is 14.2 Å². The zero-order valence-corrected chi connectivity index (χ0v) is 14.9. The van der Waals surface area contributed by atoms with Crippen LogP contribution in [-0.2, 0) is 6.54 Å². The molecule has 0 bridgehead atoms. The lowest BCUT2D eigenvalue weighted by atomic mass is 10.1. The number of carbonyl (C=O) groups is 1. The Kier molecular flexibility index (Phi) is 5.24. The summed E-state index contributed by atoms with van der Waals surface area (Å²) in [5.74, 6) is 0.705. The number of halogens is 1. The van der Waals surface area contributed by atoms with E-state index >= 15 is 0 Å². The van der Waals surface area contributed by atoms with Gasteiger partial charge in [0.05, 0.1) is 11.6 Å². The average molecular weight is 362 g/mol. The van der Waals surface area contributed by atoms with E-state index in [0.29, 0.717) is 17.9 Å². The lowest BCUT2D eigenvalue weighted by molar-refractivity contribution is 0.0785. The van der Waals surface area contributed by atoms with Crippen LogP contribution < -0.4 is 4.74 Å². The van der Waals surface area contributed by atoms with Crippen LogP contribution >= 0.6 is 15.9 Å². The topological polar surface area (TPSA) is 29.5 Å². The van der Waals surface area contributed by atoms with E-state index in [0.717, 1.165) is 10.0 Å². The summed E-state index contributed by atoms with van der Waals surface area (Å²) in [4.78, 5) is 14.3. The van der Waals surface area contributed by atoms with Crippen LogP contribution in [0.5, 0.6) is 5.75 Å². The van der Waals surface area contributed by atoms with Gasteiger partial charge in [0.1, 0.15) is 5.75 Å². The SMILES string of the molecule is COc1ccc(C(=O)N(C)Cc2ccc(C)cc2C)cc1Br. The second-order valence-corrected chi connectivity index (χ2v) is 6.29. The van der Waals surface area contributed by atoms with Crippen LogP contribution in [0.1, 0.15) is 27.0 Å². The van der Waals surface area contributed by atoms with Crippen molar-refractivity contribution in [3.8, 4) is 5.75 Å². The third-order valence-corrected chi connectivity index (χ3v) is 4.27. The van der Waals surface area contributed by atoms with Crippen LogP contribution in [0.2, 0.25) is 0 Å². The number of aryl methyl sites for hydroxylation is 2. The Balaban J connectivity index is 2.16. The van der Waals surface area contributed by atoms with Gasteiger partial charge < -0.3 is 9.64 Å². The van der Waals surface area contributed by atoms with Crippen molar-refractivity contribution in [2.45, 2.75) is 20.4 Å². The Morgan fingerprint density at radius 2 is 1.91 bits per heavy atom. The van der Waals surface area contributed by atoms with Crippen LogP contribution in [0.3, 0.4) is 0 Å². The monoisotopic (exact) mass is 361 g/mol. The van der Waals surface area contributed by atoms with Crippen molar-refractivity contribution < 1.29 is 9.53 Å². The van der Waals surface area contributed by atoms with E-state index in [1.54, 1.807) is 30.2 Å². The number of benzene rings is 2. The molecule has 0 aromatic heterocycles. The molecule has 0 unspecified atom stereocenters. The van der Waals surface area contributed by atoms with Crippen molar-refractivity contribution in [1.82, 2.24) is 4.90 Å². The molecule has 0 atom stereocenters. The zero-order valence-electron chi connectivity index (χ0n) is 13.3. The minimum atomic E-state index is -0.0108. The van der Waals surface area contributed by atoms with Gasteiger partial charge >= 0.3 is 0 Å². The van der Waals surface area contributed by atoms with Gasteiger partial charge in [-0.05, 0) is 59.1 Å². The first-order valence-corrected chi connectivity index (χ1v) is 7.87. The summed E-state index contributed by atoms with van der Waals surface area (Å²) in [6.45, 7) is 4.74. The molecule has 2 rings (SSSR count). The maximum absolute atomic E-state index is 12.5. The molecule has 0 fully saturated rings. The molecule has 0 saturated carbocycles. The minimum Gasteiger partial charge on any atom is -0.496 e. The number of rotatable bonds is 4. The molecule has 1 amide bonds. The quantitative estimate of drug-likeness (QED) is 0.810. The Hall–Kier alpha value is -1.81.